The number of hydroxylamine groups is 2. The Morgan fingerprint density at radius 3 is 2.58 bits per heavy atom. The lowest BCUT2D eigenvalue weighted by Crippen LogP contribution is -2.32. The van der Waals surface area contributed by atoms with Gasteiger partial charge >= 0.3 is 0 Å². The molecule has 2 aliphatic heterocycles. The highest BCUT2D eigenvalue weighted by atomic mass is 16.5. The molecule has 1 N–H and O–H groups in total. The van der Waals surface area contributed by atoms with Gasteiger partial charge in [0, 0.05) is 39.2 Å². The molecule has 0 aromatic carbocycles. The van der Waals surface area contributed by atoms with Gasteiger partial charge in [-0.1, -0.05) is 6.92 Å². The van der Waals surface area contributed by atoms with E-state index in [1.165, 1.54) is 13.5 Å². The molecule has 2 fully saturated rings. The SMILES string of the molecule is CCCOCCC1C2CCC(O2)C1COCCCCC(=O)N(C)O. The second-order valence-corrected chi connectivity index (χ2v) is 6.97. The van der Waals surface area contributed by atoms with Crippen LogP contribution in [0, 0.1) is 11.8 Å². The van der Waals surface area contributed by atoms with E-state index in [1.807, 2.05) is 0 Å². The van der Waals surface area contributed by atoms with Gasteiger partial charge in [0.1, 0.15) is 0 Å². The van der Waals surface area contributed by atoms with Crippen molar-refractivity contribution in [3.05, 3.63) is 0 Å². The van der Waals surface area contributed by atoms with Gasteiger partial charge in [0.2, 0.25) is 5.91 Å². The summed E-state index contributed by atoms with van der Waals surface area (Å²) >= 11 is 0. The van der Waals surface area contributed by atoms with Crippen LogP contribution in [0.3, 0.4) is 0 Å². The summed E-state index contributed by atoms with van der Waals surface area (Å²) in [7, 11) is 1.36. The Labute approximate surface area is 145 Å². The predicted octanol–water partition coefficient (Wildman–Crippen LogP) is 2.63. The Kier molecular flexibility index (Phi) is 8.45. The summed E-state index contributed by atoms with van der Waals surface area (Å²) in [4.78, 5) is 11.3. The third-order valence-electron chi connectivity index (χ3n) is 5.13. The summed E-state index contributed by atoms with van der Waals surface area (Å²) in [5.41, 5.74) is 0. The molecular formula is C18H33NO5. The smallest absolute Gasteiger partial charge is 0.245 e. The summed E-state index contributed by atoms with van der Waals surface area (Å²) < 4.78 is 17.6. The summed E-state index contributed by atoms with van der Waals surface area (Å²) in [5.74, 6) is 0.799. The Balaban J connectivity index is 1.60. The molecule has 0 aromatic heterocycles. The Morgan fingerprint density at radius 2 is 1.88 bits per heavy atom. The summed E-state index contributed by atoms with van der Waals surface area (Å²) in [6, 6.07) is 0. The van der Waals surface area contributed by atoms with Crippen LogP contribution in [0.25, 0.3) is 0 Å². The van der Waals surface area contributed by atoms with Gasteiger partial charge in [0.25, 0.3) is 0 Å². The molecule has 0 saturated carbocycles. The summed E-state index contributed by atoms with van der Waals surface area (Å²) in [6.07, 6.45) is 7.16. The zero-order valence-corrected chi connectivity index (χ0v) is 15.1. The minimum Gasteiger partial charge on any atom is -0.381 e. The van der Waals surface area contributed by atoms with Gasteiger partial charge in [-0.25, -0.2) is 5.06 Å². The standard InChI is InChI=1S/C18H33NO5/c1-3-10-22-12-9-14-15(17-8-7-16(14)24-17)13-23-11-5-4-6-18(20)19(2)21/h14-17,21H,3-13H2,1-2H3. The van der Waals surface area contributed by atoms with E-state index >= 15 is 0 Å². The largest absolute Gasteiger partial charge is 0.381 e. The highest BCUT2D eigenvalue weighted by molar-refractivity contribution is 5.74. The monoisotopic (exact) mass is 343 g/mol. The van der Waals surface area contributed by atoms with E-state index in [2.05, 4.69) is 6.92 Å². The van der Waals surface area contributed by atoms with Crippen molar-refractivity contribution >= 4 is 5.91 Å². The van der Waals surface area contributed by atoms with Crippen LogP contribution in [0.1, 0.15) is 51.9 Å². The molecule has 2 heterocycles. The zero-order valence-electron chi connectivity index (χ0n) is 15.1. The number of rotatable bonds is 12. The van der Waals surface area contributed by atoms with Crippen molar-refractivity contribution in [2.45, 2.75) is 64.1 Å². The number of carbonyl (C=O) groups is 1. The molecule has 2 rings (SSSR count). The van der Waals surface area contributed by atoms with Crippen LogP contribution in [-0.2, 0) is 19.0 Å². The van der Waals surface area contributed by atoms with Crippen LogP contribution in [-0.4, -0.2) is 61.9 Å². The molecule has 4 unspecified atom stereocenters. The van der Waals surface area contributed by atoms with Gasteiger partial charge in [-0.05, 0) is 44.4 Å². The number of hydrogen-bond acceptors (Lipinski definition) is 5. The lowest BCUT2D eigenvalue weighted by Gasteiger charge is -2.27. The van der Waals surface area contributed by atoms with E-state index in [-0.39, 0.29) is 5.91 Å². The summed E-state index contributed by atoms with van der Waals surface area (Å²) in [6.45, 7) is 5.19. The zero-order chi connectivity index (χ0) is 17.4. The molecule has 4 atom stereocenters. The Morgan fingerprint density at radius 1 is 1.12 bits per heavy atom. The first-order valence-electron chi connectivity index (χ1n) is 9.39. The van der Waals surface area contributed by atoms with Crippen LogP contribution < -0.4 is 0 Å². The number of ether oxygens (including phenoxy) is 3. The number of nitrogens with zero attached hydrogens (tertiary/aromatic N) is 1. The van der Waals surface area contributed by atoms with Crippen molar-refractivity contribution in [3.8, 4) is 0 Å². The van der Waals surface area contributed by atoms with Crippen LogP contribution in [0.2, 0.25) is 0 Å². The molecule has 6 heteroatoms. The van der Waals surface area contributed by atoms with Crippen molar-refractivity contribution in [1.82, 2.24) is 5.06 Å². The average molecular weight is 343 g/mol. The van der Waals surface area contributed by atoms with Gasteiger partial charge in [-0.2, -0.15) is 0 Å². The number of hydrogen-bond donors (Lipinski definition) is 1. The Hall–Kier alpha value is -0.690. The maximum absolute atomic E-state index is 11.3. The molecule has 140 valence electrons. The van der Waals surface area contributed by atoms with Crippen molar-refractivity contribution in [1.29, 1.82) is 0 Å². The lowest BCUT2D eigenvalue weighted by atomic mass is 9.78. The maximum Gasteiger partial charge on any atom is 0.245 e. The molecule has 0 radical (unpaired) electrons. The van der Waals surface area contributed by atoms with Crippen molar-refractivity contribution in [2.75, 3.05) is 33.5 Å². The quantitative estimate of drug-likeness (QED) is 0.335. The minimum atomic E-state index is -0.247. The second kappa shape index (κ2) is 10.3. The maximum atomic E-state index is 11.3. The average Bonchev–Trinajstić information content (AvgIpc) is 3.16. The van der Waals surface area contributed by atoms with Gasteiger partial charge in [0.05, 0.1) is 18.8 Å². The lowest BCUT2D eigenvalue weighted by molar-refractivity contribution is -0.159. The molecule has 0 aliphatic carbocycles. The highest BCUT2D eigenvalue weighted by Crippen LogP contribution is 2.45. The molecule has 6 nitrogen and oxygen atoms in total. The normalized spacial score (nSPS) is 28.5. The molecule has 2 aliphatic rings. The van der Waals surface area contributed by atoms with E-state index in [0.29, 0.717) is 42.1 Å². The molecule has 2 saturated heterocycles. The Bertz CT molecular complexity index is 376. The third kappa shape index (κ3) is 5.69. The van der Waals surface area contributed by atoms with Crippen LogP contribution >= 0.6 is 0 Å². The van der Waals surface area contributed by atoms with Crippen LogP contribution in [0.15, 0.2) is 0 Å². The summed E-state index contributed by atoms with van der Waals surface area (Å²) in [5, 5.41) is 9.64. The second-order valence-electron chi connectivity index (χ2n) is 6.97. The predicted molar refractivity (Wildman–Crippen MR) is 89.8 cm³/mol. The minimum absolute atomic E-state index is 0.247. The van der Waals surface area contributed by atoms with E-state index < -0.39 is 0 Å². The molecule has 24 heavy (non-hydrogen) atoms. The van der Waals surface area contributed by atoms with Crippen molar-refractivity contribution in [2.24, 2.45) is 11.8 Å². The van der Waals surface area contributed by atoms with Gasteiger partial charge in [-0.3, -0.25) is 10.0 Å². The molecule has 2 bridgehead atoms. The molecular weight excluding hydrogens is 310 g/mol. The van der Waals surface area contributed by atoms with Crippen LogP contribution in [0.4, 0.5) is 0 Å². The van der Waals surface area contributed by atoms with Gasteiger partial charge < -0.3 is 14.2 Å². The van der Waals surface area contributed by atoms with Crippen molar-refractivity contribution in [3.63, 3.8) is 0 Å². The fourth-order valence-electron chi connectivity index (χ4n) is 3.83. The highest BCUT2D eigenvalue weighted by Gasteiger charge is 2.48. The number of fused-ring (bicyclic) bond motifs is 2. The van der Waals surface area contributed by atoms with Crippen LogP contribution in [0.5, 0.6) is 0 Å². The van der Waals surface area contributed by atoms with Gasteiger partial charge in [-0.15, -0.1) is 0 Å². The molecule has 0 spiro atoms. The third-order valence-corrected chi connectivity index (χ3v) is 5.13. The molecule has 0 aromatic rings. The first-order chi connectivity index (χ1) is 11.6. The molecule has 1 amide bonds. The first kappa shape index (κ1) is 19.6. The van der Waals surface area contributed by atoms with Crippen molar-refractivity contribution < 1.29 is 24.2 Å². The fraction of sp³-hybridized carbons (Fsp3) is 0.944. The fourth-order valence-corrected chi connectivity index (χ4v) is 3.83. The van der Waals surface area contributed by atoms with E-state index in [4.69, 9.17) is 19.4 Å². The van der Waals surface area contributed by atoms with Gasteiger partial charge in [0.15, 0.2) is 0 Å². The van der Waals surface area contributed by atoms with E-state index in [0.717, 1.165) is 51.9 Å². The number of unbranched alkanes of at least 4 members (excludes halogenated alkanes) is 1. The van der Waals surface area contributed by atoms with E-state index in [9.17, 15) is 4.79 Å². The number of amides is 1. The first-order valence-corrected chi connectivity index (χ1v) is 9.39. The topological polar surface area (TPSA) is 68.2 Å². The number of carbonyl (C=O) groups excluding carboxylic acids is 1. The van der Waals surface area contributed by atoms with E-state index in [1.54, 1.807) is 0 Å².